The monoisotopic (exact) mass is 236 g/mol. The van der Waals surface area contributed by atoms with E-state index in [9.17, 15) is 0 Å². The molecule has 0 spiro atoms. The quantitative estimate of drug-likeness (QED) is 0.746. The molecular formula is C13H20N2S. The summed E-state index contributed by atoms with van der Waals surface area (Å²) < 4.78 is 0. The predicted octanol–water partition coefficient (Wildman–Crippen LogP) is 3.35. The average Bonchev–Trinajstić information content (AvgIpc) is 2.78. The van der Waals surface area contributed by atoms with E-state index in [1.54, 1.807) is 0 Å². The Hall–Kier alpha value is -0.540. The van der Waals surface area contributed by atoms with Gasteiger partial charge in [-0.15, -0.1) is 11.8 Å². The molecule has 2 heterocycles. The van der Waals surface area contributed by atoms with Crippen LogP contribution in [0.15, 0.2) is 23.4 Å². The molecule has 1 aliphatic rings. The van der Waals surface area contributed by atoms with Crippen LogP contribution in [0.3, 0.4) is 0 Å². The summed E-state index contributed by atoms with van der Waals surface area (Å²) >= 11 is 1.86. The van der Waals surface area contributed by atoms with Crippen LogP contribution >= 0.6 is 11.8 Å². The van der Waals surface area contributed by atoms with Gasteiger partial charge in [-0.2, -0.15) is 0 Å². The first-order valence-corrected chi connectivity index (χ1v) is 7.17. The molecular weight excluding hydrogens is 216 g/mol. The van der Waals surface area contributed by atoms with Gasteiger partial charge in [-0.25, -0.2) is 4.98 Å². The second-order valence-electron chi connectivity index (χ2n) is 4.12. The van der Waals surface area contributed by atoms with Gasteiger partial charge in [-0.3, -0.25) is 4.90 Å². The normalized spacial score (nSPS) is 21.5. The van der Waals surface area contributed by atoms with E-state index in [1.165, 1.54) is 30.0 Å². The molecule has 1 saturated heterocycles. The van der Waals surface area contributed by atoms with Gasteiger partial charge in [0, 0.05) is 17.8 Å². The molecule has 0 amide bonds. The highest BCUT2D eigenvalue weighted by Gasteiger charge is 2.26. The summed E-state index contributed by atoms with van der Waals surface area (Å²) in [4.78, 5) is 7.08. The third-order valence-corrected chi connectivity index (χ3v) is 4.11. The number of thioether (sulfide) groups is 1. The van der Waals surface area contributed by atoms with E-state index in [1.807, 2.05) is 18.0 Å². The van der Waals surface area contributed by atoms with E-state index in [-0.39, 0.29) is 0 Å². The first-order valence-electron chi connectivity index (χ1n) is 6.18. The van der Waals surface area contributed by atoms with Crippen molar-refractivity contribution in [2.75, 3.05) is 18.8 Å². The first kappa shape index (κ1) is 11.9. The molecule has 2 nitrogen and oxygen atoms in total. The van der Waals surface area contributed by atoms with Crippen molar-refractivity contribution >= 4 is 11.8 Å². The molecule has 16 heavy (non-hydrogen) atoms. The Balaban J connectivity index is 2.24. The standard InChI is InChI=1S/C13H20N2S/c1-3-15-10-6-8-12(15)11-7-5-9-14-13(11)16-4-2/h5,7,9,12H,3-4,6,8,10H2,1-2H3/t12-/m1/s1. The third-order valence-electron chi connectivity index (χ3n) is 3.21. The Morgan fingerprint density at radius 1 is 1.50 bits per heavy atom. The summed E-state index contributed by atoms with van der Waals surface area (Å²) in [5, 5.41) is 1.23. The molecule has 2 rings (SSSR count). The lowest BCUT2D eigenvalue weighted by Gasteiger charge is -2.24. The van der Waals surface area contributed by atoms with Crippen LogP contribution in [0.1, 0.15) is 38.3 Å². The molecule has 0 saturated carbocycles. The number of pyridine rings is 1. The molecule has 1 atom stereocenters. The Labute approximate surface area is 102 Å². The fourth-order valence-electron chi connectivity index (χ4n) is 2.47. The first-order chi connectivity index (χ1) is 7.86. The number of rotatable bonds is 4. The van der Waals surface area contributed by atoms with Crippen molar-refractivity contribution in [3.05, 3.63) is 23.9 Å². The molecule has 0 bridgehead atoms. The van der Waals surface area contributed by atoms with Gasteiger partial charge in [0.15, 0.2) is 0 Å². The lowest BCUT2D eigenvalue weighted by molar-refractivity contribution is 0.268. The van der Waals surface area contributed by atoms with Crippen molar-refractivity contribution in [3.8, 4) is 0 Å². The Bertz CT molecular complexity index is 340. The van der Waals surface area contributed by atoms with Crippen molar-refractivity contribution < 1.29 is 0 Å². The van der Waals surface area contributed by atoms with E-state index < -0.39 is 0 Å². The Kier molecular flexibility index (Phi) is 4.24. The van der Waals surface area contributed by atoms with Gasteiger partial charge in [0.25, 0.3) is 0 Å². The minimum absolute atomic E-state index is 0.604. The highest BCUT2D eigenvalue weighted by molar-refractivity contribution is 7.99. The molecule has 0 aromatic carbocycles. The van der Waals surface area contributed by atoms with Crippen LogP contribution in [0.2, 0.25) is 0 Å². The minimum Gasteiger partial charge on any atom is -0.297 e. The molecule has 1 aliphatic heterocycles. The van der Waals surface area contributed by atoms with Crippen LogP contribution in [-0.4, -0.2) is 28.7 Å². The highest BCUT2D eigenvalue weighted by Crippen LogP contribution is 2.35. The van der Waals surface area contributed by atoms with Gasteiger partial charge in [0.2, 0.25) is 0 Å². The number of likely N-dealkylation sites (tertiary alicyclic amines) is 1. The van der Waals surface area contributed by atoms with E-state index >= 15 is 0 Å². The van der Waals surface area contributed by atoms with E-state index in [2.05, 4.69) is 35.9 Å². The van der Waals surface area contributed by atoms with Gasteiger partial charge in [-0.1, -0.05) is 19.9 Å². The zero-order valence-corrected chi connectivity index (χ0v) is 11.0. The lowest BCUT2D eigenvalue weighted by atomic mass is 10.1. The number of aromatic nitrogens is 1. The van der Waals surface area contributed by atoms with Crippen molar-refractivity contribution in [2.24, 2.45) is 0 Å². The van der Waals surface area contributed by atoms with Crippen molar-refractivity contribution in [1.82, 2.24) is 9.88 Å². The maximum Gasteiger partial charge on any atom is 0.101 e. The number of nitrogens with zero attached hydrogens (tertiary/aromatic N) is 2. The molecule has 1 fully saturated rings. The molecule has 0 radical (unpaired) electrons. The second-order valence-corrected chi connectivity index (χ2v) is 5.37. The van der Waals surface area contributed by atoms with E-state index in [4.69, 9.17) is 0 Å². The largest absolute Gasteiger partial charge is 0.297 e. The topological polar surface area (TPSA) is 16.1 Å². The Morgan fingerprint density at radius 2 is 2.38 bits per heavy atom. The highest BCUT2D eigenvalue weighted by atomic mass is 32.2. The summed E-state index contributed by atoms with van der Waals surface area (Å²) in [6, 6.07) is 4.93. The van der Waals surface area contributed by atoms with E-state index in [0.29, 0.717) is 6.04 Å². The maximum atomic E-state index is 4.52. The SMILES string of the molecule is CCSc1ncccc1[C@H]1CCCN1CC. The molecule has 0 unspecified atom stereocenters. The average molecular weight is 236 g/mol. The molecule has 88 valence electrons. The molecule has 0 aliphatic carbocycles. The van der Waals surface area contributed by atoms with Crippen molar-refractivity contribution in [1.29, 1.82) is 0 Å². The molecule has 0 N–H and O–H groups in total. The molecule has 3 heteroatoms. The number of hydrogen-bond acceptors (Lipinski definition) is 3. The smallest absolute Gasteiger partial charge is 0.101 e. The molecule has 1 aromatic heterocycles. The second kappa shape index (κ2) is 5.69. The van der Waals surface area contributed by atoms with Crippen LogP contribution in [0.25, 0.3) is 0 Å². The minimum atomic E-state index is 0.604. The van der Waals surface area contributed by atoms with Crippen molar-refractivity contribution in [2.45, 2.75) is 37.8 Å². The fraction of sp³-hybridized carbons (Fsp3) is 0.615. The zero-order valence-electron chi connectivity index (χ0n) is 10.1. The Morgan fingerprint density at radius 3 is 3.12 bits per heavy atom. The summed E-state index contributed by atoms with van der Waals surface area (Å²) in [6.45, 7) is 6.83. The van der Waals surface area contributed by atoms with Crippen LogP contribution in [-0.2, 0) is 0 Å². The van der Waals surface area contributed by atoms with Crippen LogP contribution < -0.4 is 0 Å². The lowest BCUT2D eigenvalue weighted by Crippen LogP contribution is -2.23. The summed E-state index contributed by atoms with van der Waals surface area (Å²) in [6.07, 6.45) is 4.52. The predicted molar refractivity (Wildman–Crippen MR) is 69.9 cm³/mol. The van der Waals surface area contributed by atoms with Crippen LogP contribution in [0, 0.1) is 0 Å². The maximum absolute atomic E-state index is 4.52. The summed E-state index contributed by atoms with van der Waals surface area (Å²) in [5.41, 5.74) is 1.44. The van der Waals surface area contributed by atoms with Crippen LogP contribution in [0.5, 0.6) is 0 Å². The van der Waals surface area contributed by atoms with Gasteiger partial charge in [0.1, 0.15) is 5.03 Å². The fourth-order valence-corrected chi connectivity index (χ4v) is 3.25. The van der Waals surface area contributed by atoms with Gasteiger partial charge >= 0.3 is 0 Å². The summed E-state index contributed by atoms with van der Waals surface area (Å²) in [5.74, 6) is 1.10. The summed E-state index contributed by atoms with van der Waals surface area (Å²) in [7, 11) is 0. The third kappa shape index (κ3) is 2.41. The molecule has 1 aromatic rings. The van der Waals surface area contributed by atoms with Gasteiger partial charge in [-0.05, 0) is 37.8 Å². The van der Waals surface area contributed by atoms with Crippen molar-refractivity contribution in [3.63, 3.8) is 0 Å². The zero-order chi connectivity index (χ0) is 11.4. The van der Waals surface area contributed by atoms with E-state index in [0.717, 1.165) is 12.3 Å². The van der Waals surface area contributed by atoms with Gasteiger partial charge in [0.05, 0.1) is 0 Å². The number of hydrogen-bond donors (Lipinski definition) is 0. The van der Waals surface area contributed by atoms with Crippen LogP contribution in [0.4, 0.5) is 0 Å². The van der Waals surface area contributed by atoms with Gasteiger partial charge < -0.3 is 0 Å².